The fourth-order valence-electron chi connectivity index (χ4n) is 2.38. The molecule has 1 atom stereocenters. The average molecular weight is 279 g/mol. The Hall–Kier alpha value is -1.43. The number of nitrogens with zero attached hydrogens (tertiary/aromatic N) is 3. The summed E-state index contributed by atoms with van der Waals surface area (Å²) in [5, 5.41) is 9.01. The van der Waals surface area contributed by atoms with Gasteiger partial charge in [0.15, 0.2) is 0 Å². The number of hydrogen-bond acceptors (Lipinski definition) is 4. The molecule has 1 aliphatic heterocycles. The highest BCUT2D eigenvalue weighted by Gasteiger charge is 2.26. The van der Waals surface area contributed by atoms with E-state index in [9.17, 15) is 0 Å². The Labute approximate surface area is 116 Å². The van der Waals surface area contributed by atoms with Crippen molar-refractivity contribution in [3.05, 3.63) is 40.7 Å². The second-order valence-corrected chi connectivity index (χ2v) is 4.96. The second-order valence-electron chi connectivity index (χ2n) is 4.52. The predicted octanol–water partition coefficient (Wildman–Crippen LogP) is 2.23. The van der Waals surface area contributed by atoms with Gasteiger partial charge in [0.2, 0.25) is 0 Å². The average Bonchev–Trinajstić information content (AvgIpc) is 3.07. The SMILES string of the molecule is NCc1nnn(-c2cccc(Cl)c2)c1C1CCCO1. The molecular formula is C13H15ClN4O. The van der Waals surface area contributed by atoms with Gasteiger partial charge in [0.05, 0.1) is 11.4 Å². The summed E-state index contributed by atoms with van der Waals surface area (Å²) in [4.78, 5) is 0. The standard InChI is InChI=1S/C13H15ClN4O/c14-9-3-1-4-10(7-9)18-13(11(8-15)16-17-18)12-5-2-6-19-12/h1,3-4,7,12H,2,5-6,8,15H2. The maximum Gasteiger partial charge on any atom is 0.103 e. The maximum absolute atomic E-state index is 6.03. The van der Waals surface area contributed by atoms with Crippen molar-refractivity contribution in [3.63, 3.8) is 0 Å². The van der Waals surface area contributed by atoms with Gasteiger partial charge in [-0.15, -0.1) is 5.10 Å². The molecule has 6 heteroatoms. The van der Waals surface area contributed by atoms with Gasteiger partial charge >= 0.3 is 0 Å². The van der Waals surface area contributed by atoms with E-state index >= 15 is 0 Å². The fraction of sp³-hybridized carbons (Fsp3) is 0.385. The lowest BCUT2D eigenvalue weighted by molar-refractivity contribution is 0.106. The van der Waals surface area contributed by atoms with E-state index in [0.717, 1.165) is 36.5 Å². The molecule has 100 valence electrons. The molecule has 2 N–H and O–H groups in total. The molecule has 1 aromatic carbocycles. The van der Waals surface area contributed by atoms with Crippen molar-refractivity contribution in [2.75, 3.05) is 6.61 Å². The van der Waals surface area contributed by atoms with E-state index in [2.05, 4.69) is 10.3 Å². The topological polar surface area (TPSA) is 66.0 Å². The number of ether oxygens (including phenoxy) is 1. The van der Waals surface area contributed by atoms with Crippen molar-refractivity contribution in [1.29, 1.82) is 0 Å². The predicted molar refractivity (Wildman–Crippen MR) is 72.2 cm³/mol. The Morgan fingerprint density at radius 1 is 1.47 bits per heavy atom. The number of aromatic nitrogens is 3. The van der Waals surface area contributed by atoms with E-state index in [0.29, 0.717) is 11.6 Å². The Balaban J connectivity index is 2.08. The molecule has 2 heterocycles. The summed E-state index contributed by atoms with van der Waals surface area (Å²) in [6.07, 6.45) is 2.05. The summed E-state index contributed by atoms with van der Waals surface area (Å²) in [5.41, 5.74) is 8.35. The van der Waals surface area contributed by atoms with E-state index in [1.165, 1.54) is 0 Å². The Bertz CT molecular complexity index is 578. The quantitative estimate of drug-likeness (QED) is 0.935. The van der Waals surface area contributed by atoms with E-state index < -0.39 is 0 Å². The Kier molecular flexibility index (Phi) is 3.50. The molecule has 5 nitrogen and oxygen atoms in total. The van der Waals surface area contributed by atoms with Crippen LogP contribution in [0.3, 0.4) is 0 Å². The number of hydrogen-bond donors (Lipinski definition) is 1. The van der Waals surface area contributed by atoms with Gasteiger partial charge in [-0.3, -0.25) is 0 Å². The van der Waals surface area contributed by atoms with Gasteiger partial charge in [-0.05, 0) is 31.0 Å². The van der Waals surface area contributed by atoms with Crippen LogP contribution in [0.4, 0.5) is 0 Å². The molecule has 3 rings (SSSR count). The minimum Gasteiger partial charge on any atom is -0.372 e. The molecule has 1 aliphatic rings. The van der Waals surface area contributed by atoms with Crippen LogP contribution < -0.4 is 5.73 Å². The zero-order valence-corrected chi connectivity index (χ0v) is 11.2. The van der Waals surface area contributed by atoms with Crippen molar-refractivity contribution in [3.8, 4) is 5.69 Å². The van der Waals surface area contributed by atoms with E-state index in [4.69, 9.17) is 22.1 Å². The first-order chi connectivity index (χ1) is 9.29. The van der Waals surface area contributed by atoms with E-state index in [1.807, 2.05) is 24.3 Å². The molecule has 0 bridgehead atoms. The van der Waals surface area contributed by atoms with Gasteiger partial charge in [-0.1, -0.05) is 22.9 Å². The van der Waals surface area contributed by atoms with Crippen LogP contribution in [0.25, 0.3) is 5.69 Å². The fourth-order valence-corrected chi connectivity index (χ4v) is 2.56. The van der Waals surface area contributed by atoms with Crippen molar-refractivity contribution >= 4 is 11.6 Å². The van der Waals surface area contributed by atoms with Crippen LogP contribution in [0.15, 0.2) is 24.3 Å². The second kappa shape index (κ2) is 5.28. The largest absolute Gasteiger partial charge is 0.372 e. The number of rotatable bonds is 3. The van der Waals surface area contributed by atoms with Gasteiger partial charge < -0.3 is 10.5 Å². The molecule has 0 saturated carbocycles. The van der Waals surface area contributed by atoms with Crippen molar-refractivity contribution in [2.24, 2.45) is 5.73 Å². The van der Waals surface area contributed by atoms with Crippen LogP contribution in [-0.4, -0.2) is 21.6 Å². The molecular weight excluding hydrogens is 264 g/mol. The minimum atomic E-state index is 0.0209. The van der Waals surface area contributed by atoms with Gasteiger partial charge in [-0.2, -0.15) is 0 Å². The van der Waals surface area contributed by atoms with Gasteiger partial charge in [0.25, 0.3) is 0 Å². The van der Waals surface area contributed by atoms with Gasteiger partial charge in [0, 0.05) is 18.2 Å². The van der Waals surface area contributed by atoms with Crippen LogP contribution in [0.5, 0.6) is 0 Å². The highest BCUT2D eigenvalue weighted by molar-refractivity contribution is 6.30. The van der Waals surface area contributed by atoms with Crippen LogP contribution in [0, 0.1) is 0 Å². The normalized spacial score (nSPS) is 18.9. The lowest BCUT2D eigenvalue weighted by Crippen LogP contribution is -2.10. The molecule has 1 saturated heterocycles. The molecule has 0 aliphatic carbocycles. The summed E-state index contributed by atoms with van der Waals surface area (Å²) >= 11 is 6.03. The summed E-state index contributed by atoms with van der Waals surface area (Å²) in [5.74, 6) is 0. The first kappa shape index (κ1) is 12.6. The maximum atomic E-state index is 6.03. The Morgan fingerprint density at radius 3 is 3.05 bits per heavy atom. The van der Waals surface area contributed by atoms with Crippen LogP contribution >= 0.6 is 11.6 Å². The Morgan fingerprint density at radius 2 is 2.37 bits per heavy atom. The summed E-state index contributed by atoms with van der Waals surface area (Å²) in [6.45, 7) is 1.13. The molecule has 2 aromatic rings. The van der Waals surface area contributed by atoms with Crippen molar-refractivity contribution in [2.45, 2.75) is 25.5 Å². The van der Waals surface area contributed by atoms with Crippen LogP contribution in [0.1, 0.15) is 30.3 Å². The molecule has 1 fully saturated rings. The summed E-state index contributed by atoms with van der Waals surface area (Å²) in [7, 11) is 0. The van der Waals surface area contributed by atoms with E-state index in [1.54, 1.807) is 4.68 Å². The number of benzene rings is 1. The lowest BCUT2D eigenvalue weighted by atomic mass is 10.1. The number of nitrogens with two attached hydrogens (primary N) is 1. The third kappa shape index (κ3) is 2.36. The van der Waals surface area contributed by atoms with Crippen molar-refractivity contribution in [1.82, 2.24) is 15.0 Å². The molecule has 1 unspecified atom stereocenters. The minimum absolute atomic E-state index is 0.0209. The molecule has 0 spiro atoms. The van der Waals surface area contributed by atoms with E-state index in [-0.39, 0.29) is 6.10 Å². The van der Waals surface area contributed by atoms with Crippen molar-refractivity contribution < 1.29 is 4.74 Å². The first-order valence-electron chi connectivity index (χ1n) is 6.31. The first-order valence-corrected chi connectivity index (χ1v) is 6.69. The summed E-state index contributed by atoms with van der Waals surface area (Å²) < 4.78 is 7.52. The molecule has 0 amide bonds. The smallest absolute Gasteiger partial charge is 0.103 e. The zero-order valence-electron chi connectivity index (χ0n) is 10.4. The third-order valence-corrected chi connectivity index (χ3v) is 3.49. The molecule has 0 radical (unpaired) electrons. The van der Waals surface area contributed by atoms with Crippen LogP contribution in [-0.2, 0) is 11.3 Å². The monoisotopic (exact) mass is 278 g/mol. The highest BCUT2D eigenvalue weighted by Crippen LogP contribution is 2.31. The number of halogens is 1. The van der Waals surface area contributed by atoms with Crippen LogP contribution in [0.2, 0.25) is 5.02 Å². The molecule has 19 heavy (non-hydrogen) atoms. The lowest BCUT2D eigenvalue weighted by Gasteiger charge is -2.13. The van der Waals surface area contributed by atoms with Gasteiger partial charge in [0.1, 0.15) is 11.8 Å². The van der Waals surface area contributed by atoms with Gasteiger partial charge in [-0.25, -0.2) is 4.68 Å². The summed E-state index contributed by atoms with van der Waals surface area (Å²) in [6, 6.07) is 7.52. The highest BCUT2D eigenvalue weighted by atomic mass is 35.5. The zero-order chi connectivity index (χ0) is 13.2. The third-order valence-electron chi connectivity index (χ3n) is 3.26. The molecule has 1 aromatic heterocycles.